The summed E-state index contributed by atoms with van der Waals surface area (Å²) in [4.78, 5) is 0. The maximum absolute atomic E-state index is 9.19. The van der Waals surface area contributed by atoms with Gasteiger partial charge < -0.3 is 15.2 Å². The summed E-state index contributed by atoms with van der Waals surface area (Å²) < 4.78 is 5.72. The molecule has 1 atom stereocenters. The number of ether oxygens (including phenoxy) is 1. The zero-order valence-electron chi connectivity index (χ0n) is 12.4. The first-order valence-electron chi connectivity index (χ1n) is 7.09. The van der Waals surface area contributed by atoms with E-state index in [1.165, 1.54) is 0 Å². The molecule has 2 aromatic rings. The second kappa shape index (κ2) is 8.39. The van der Waals surface area contributed by atoms with Crippen LogP contribution in [-0.2, 0) is 13.2 Å². The molecule has 118 valence electrons. The fourth-order valence-corrected chi connectivity index (χ4v) is 2.46. The van der Waals surface area contributed by atoms with Crippen LogP contribution >= 0.6 is 23.2 Å². The molecule has 0 aliphatic rings. The molecule has 0 saturated heterocycles. The Kier molecular flexibility index (Phi) is 6.52. The quantitative estimate of drug-likeness (QED) is 0.799. The van der Waals surface area contributed by atoms with Crippen LogP contribution in [0.25, 0.3) is 0 Å². The minimum absolute atomic E-state index is 0.331. The predicted octanol–water partition coefficient (Wildman–Crippen LogP) is 4.04. The highest BCUT2D eigenvalue weighted by molar-refractivity contribution is 6.35. The van der Waals surface area contributed by atoms with Gasteiger partial charge in [0.2, 0.25) is 0 Å². The lowest BCUT2D eigenvalue weighted by Gasteiger charge is -2.11. The third kappa shape index (κ3) is 5.18. The first-order valence-corrected chi connectivity index (χ1v) is 7.85. The second-order valence-electron chi connectivity index (χ2n) is 5.11. The van der Waals surface area contributed by atoms with Crippen molar-refractivity contribution in [2.45, 2.75) is 26.2 Å². The Morgan fingerprint density at radius 2 is 1.73 bits per heavy atom. The Bertz CT molecular complexity index is 580. The van der Waals surface area contributed by atoms with Gasteiger partial charge in [-0.1, -0.05) is 41.4 Å². The molecule has 2 aromatic carbocycles. The molecule has 0 radical (unpaired) electrons. The predicted molar refractivity (Wildman–Crippen MR) is 90.6 cm³/mol. The maximum atomic E-state index is 9.19. The van der Waals surface area contributed by atoms with Gasteiger partial charge in [-0.2, -0.15) is 0 Å². The molecular weight excluding hydrogens is 321 g/mol. The van der Waals surface area contributed by atoms with Crippen LogP contribution in [0.1, 0.15) is 18.1 Å². The molecule has 0 bridgehead atoms. The van der Waals surface area contributed by atoms with Gasteiger partial charge in [0.05, 0.1) is 6.10 Å². The van der Waals surface area contributed by atoms with Gasteiger partial charge in [0.1, 0.15) is 12.4 Å². The molecular formula is C17H19Cl2NO2. The van der Waals surface area contributed by atoms with Crippen molar-refractivity contribution in [2.75, 3.05) is 6.54 Å². The number of aliphatic hydroxyl groups is 1. The number of aliphatic hydroxyl groups excluding tert-OH is 1. The van der Waals surface area contributed by atoms with E-state index in [4.69, 9.17) is 27.9 Å². The van der Waals surface area contributed by atoms with Crippen molar-refractivity contribution < 1.29 is 9.84 Å². The van der Waals surface area contributed by atoms with Gasteiger partial charge in [-0.15, -0.1) is 0 Å². The van der Waals surface area contributed by atoms with Gasteiger partial charge >= 0.3 is 0 Å². The van der Waals surface area contributed by atoms with Crippen LogP contribution in [-0.4, -0.2) is 17.8 Å². The number of halogens is 2. The Morgan fingerprint density at radius 3 is 2.32 bits per heavy atom. The molecule has 3 nitrogen and oxygen atoms in total. The molecule has 2 N–H and O–H groups in total. The van der Waals surface area contributed by atoms with E-state index in [0.29, 0.717) is 29.7 Å². The van der Waals surface area contributed by atoms with E-state index >= 15 is 0 Å². The van der Waals surface area contributed by atoms with Crippen molar-refractivity contribution in [3.8, 4) is 5.75 Å². The topological polar surface area (TPSA) is 41.5 Å². The Morgan fingerprint density at radius 1 is 1.09 bits per heavy atom. The third-order valence-electron chi connectivity index (χ3n) is 3.14. The van der Waals surface area contributed by atoms with E-state index in [-0.39, 0.29) is 6.10 Å². The monoisotopic (exact) mass is 339 g/mol. The highest BCUT2D eigenvalue weighted by Crippen LogP contribution is 2.25. The normalized spacial score (nSPS) is 12.2. The first kappa shape index (κ1) is 17.1. The number of rotatable bonds is 7. The first-order chi connectivity index (χ1) is 10.6. The smallest absolute Gasteiger partial charge is 0.119 e. The summed E-state index contributed by atoms with van der Waals surface area (Å²) in [6.45, 7) is 3.37. The van der Waals surface area contributed by atoms with Gasteiger partial charge in [0, 0.05) is 28.7 Å². The Labute approximate surface area is 140 Å². The number of hydrogen-bond acceptors (Lipinski definition) is 3. The zero-order valence-corrected chi connectivity index (χ0v) is 13.9. The zero-order chi connectivity index (χ0) is 15.9. The molecule has 0 amide bonds. The highest BCUT2D eigenvalue weighted by Gasteiger charge is 2.06. The van der Waals surface area contributed by atoms with Gasteiger partial charge in [0.15, 0.2) is 0 Å². The molecule has 0 aromatic heterocycles. The minimum Gasteiger partial charge on any atom is -0.489 e. The number of hydrogen-bond donors (Lipinski definition) is 2. The molecule has 5 heteroatoms. The lowest BCUT2D eigenvalue weighted by molar-refractivity contribution is 0.191. The average Bonchev–Trinajstić information content (AvgIpc) is 2.48. The molecule has 0 spiro atoms. The molecule has 2 rings (SSSR count). The van der Waals surface area contributed by atoms with E-state index in [1.807, 2.05) is 30.3 Å². The fraction of sp³-hybridized carbons (Fsp3) is 0.294. The van der Waals surface area contributed by atoms with Crippen LogP contribution < -0.4 is 10.1 Å². The number of benzene rings is 2. The molecule has 22 heavy (non-hydrogen) atoms. The van der Waals surface area contributed by atoms with Crippen LogP contribution in [0.15, 0.2) is 42.5 Å². The van der Waals surface area contributed by atoms with Crippen molar-refractivity contribution in [1.29, 1.82) is 0 Å². The largest absolute Gasteiger partial charge is 0.489 e. The van der Waals surface area contributed by atoms with Crippen LogP contribution in [0.2, 0.25) is 10.0 Å². The van der Waals surface area contributed by atoms with Crippen molar-refractivity contribution in [2.24, 2.45) is 0 Å². The van der Waals surface area contributed by atoms with E-state index in [0.717, 1.165) is 16.9 Å². The van der Waals surface area contributed by atoms with Crippen LogP contribution in [0, 0.1) is 0 Å². The van der Waals surface area contributed by atoms with E-state index in [9.17, 15) is 5.11 Å². The standard InChI is InChI=1S/C17H19Cl2NO2/c1-12(21)9-20-10-13-5-7-14(8-6-13)22-11-15-16(18)3-2-4-17(15)19/h2-8,12,20-21H,9-11H2,1H3. The number of nitrogens with one attached hydrogen (secondary N) is 1. The van der Waals surface area contributed by atoms with Crippen molar-refractivity contribution in [3.05, 3.63) is 63.6 Å². The van der Waals surface area contributed by atoms with Gasteiger partial charge in [-0.05, 0) is 36.8 Å². The maximum Gasteiger partial charge on any atom is 0.119 e. The van der Waals surface area contributed by atoms with Crippen molar-refractivity contribution in [1.82, 2.24) is 5.32 Å². The lowest BCUT2D eigenvalue weighted by atomic mass is 10.2. The minimum atomic E-state index is -0.344. The van der Waals surface area contributed by atoms with Crippen molar-refractivity contribution >= 4 is 23.2 Å². The third-order valence-corrected chi connectivity index (χ3v) is 3.85. The van der Waals surface area contributed by atoms with Gasteiger partial charge in [-0.3, -0.25) is 0 Å². The molecule has 0 heterocycles. The van der Waals surface area contributed by atoms with Crippen LogP contribution in [0.4, 0.5) is 0 Å². The van der Waals surface area contributed by atoms with Crippen LogP contribution in [0.5, 0.6) is 5.75 Å². The fourth-order valence-electron chi connectivity index (χ4n) is 1.95. The van der Waals surface area contributed by atoms with E-state index in [2.05, 4.69) is 5.32 Å². The second-order valence-corrected chi connectivity index (χ2v) is 5.93. The summed E-state index contributed by atoms with van der Waals surface area (Å²) in [7, 11) is 0. The van der Waals surface area contributed by atoms with E-state index in [1.54, 1.807) is 19.1 Å². The SMILES string of the molecule is CC(O)CNCc1ccc(OCc2c(Cl)cccc2Cl)cc1. The summed E-state index contributed by atoms with van der Waals surface area (Å²) in [6.07, 6.45) is -0.344. The summed E-state index contributed by atoms with van der Waals surface area (Å²) in [5.74, 6) is 0.760. The molecule has 0 aliphatic heterocycles. The van der Waals surface area contributed by atoms with Gasteiger partial charge in [0.25, 0.3) is 0 Å². The highest BCUT2D eigenvalue weighted by atomic mass is 35.5. The Hall–Kier alpha value is -1.26. The summed E-state index contributed by atoms with van der Waals surface area (Å²) in [6, 6.07) is 13.2. The summed E-state index contributed by atoms with van der Waals surface area (Å²) >= 11 is 12.2. The molecule has 0 saturated carbocycles. The summed E-state index contributed by atoms with van der Waals surface area (Å²) in [5.41, 5.74) is 1.91. The summed E-state index contributed by atoms with van der Waals surface area (Å²) in [5, 5.41) is 13.6. The molecule has 1 unspecified atom stereocenters. The van der Waals surface area contributed by atoms with E-state index < -0.39 is 0 Å². The Balaban J connectivity index is 1.89. The lowest BCUT2D eigenvalue weighted by Crippen LogP contribution is -2.23. The molecule has 0 fully saturated rings. The van der Waals surface area contributed by atoms with Gasteiger partial charge in [-0.25, -0.2) is 0 Å². The average molecular weight is 340 g/mol. The van der Waals surface area contributed by atoms with Crippen molar-refractivity contribution in [3.63, 3.8) is 0 Å². The van der Waals surface area contributed by atoms with Crippen LogP contribution in [0.3, 0.4) is 0 Å². The molecule has 0 aliphatic carbocycles.